The molecule has 0 spiro atoms. The van der Waals surface area contributed by atoms with Gasteiger partial charge in [0.25, 0.3) is 0 Å². The van der Waals surface area contributed by atoms with Crippen LogP contribution in [-0.2, 0) is 4.79 Å². The van der Waals surface area contributed by atoms with E-state index in [0.29, 0.717) is 5.91 Å². The molecule has 1 unspecified atom stereocenters. The van der Waals surface area contributed by atoms with E-state index < -0.39 is 0 Å². The summed E-state index contributed by atoms with van der Waals surface area (Å²) in [5, 5.41) is 3.33. The zero-order chi connectivity index (χ0) is 12.0. The predicted molar refractivity (Wildman–Crippen MR) is 66.4 cm³/mol. The lowest BCUT2D eigenvalue weighted by atomic mass is 10.0. The summed E-state index contributed by atoms with van der Waals surface area (Å²) in [6.07, 6.45) is 3.21. The monoisotopic (exact) mass is 227 g/mol. The number of hydrogen-bond donors (Lipinski definition) is 1. The number of nitrogens with zero attached hydrogens (tertiary/aromatic N) is 2. The van der Waals surface area contributed by atoms with Crippen LogP contribution in [0.2, 0.25) is 0 Å². The average Bonchev–Trinajstić information content (AvgIpc) is 2.26. The number of rotatable bonds is 6. The van der Waals surface area contributed by atoms with E-state index in [1.165, 1.54) is 0 Å². The van der Waals surface area contributed by atoms with Gasteiger partial charge in [-0.2, -0.15) is 0 Å². The summed E-state index contributed by atoms with van der Waals surface area (Å²) in [7, 11) is 4.09. The van der Waals surface area contributed by atoms with Gasteiger partial charge in [0, 0.05) is 19.6 Å². The van der Waals surface area contributed by atoms with Gasteiger partial charge in [0.1, 0.15) is 0 Å². The Morgan fingerprint density at radius 3 is 2.88 bits per heavy atom. The van der Waals surface area contributed by atoms with Crippen LogP contribution in [0.3, 0.4) is 0 Å². The number of carbonyl (C=O) groups excluding carboxylic acids is 1. The van der Waals surface area contributed by atoms with E-state index in [0.717, 1.165) is 45.4 Å². The number of piperidine rings is 1. The van der Waals surface area contributed by atoms with Crippen LogP contribution in [0.1, 0.15) is 26.2 Å². The van der Waals surface area contributed by atoms with Gasteiger partial charge in [-0.1, -0.05) is 6.92 Å². The molecular weight excluding hydrogens is 202 g/mol. The summed E-state index contributed by atoms with van der Waals surface area (Å²) in [6.45, 7) is 5.81. The molecule has 0 bridgehead atoms. The average molecular weight is 227 g/mol. The molecular formula is C12H25N3O. The maximum absolute atomic E-state index is 12.1. The Morgan fingerprint density at radius 1 is 1.50 bits per heavy atom. The van der Waals surface area contributed by atoms with Gasteiger partial charge in [-0.05, 0) is 39.9 Å². The quantitative estimate of drug-likeness (QED) is 0.719. The van der Waals surface area contributed by atoms with Crippen molar-refractivity contribution >= 4 is 5.91 Å². The Kier molecular flexibility index (Phi) is 5.77. The Hall–Kier alpha value is -0.610. The Bertz CT molecular complexity index is 218. The highest BCUT2D eigenvalue weighted by atomic mass is 16.2. The number of hydrogen-bond acceptors (Lipinski definition) is 3. The number of amides is 1. The first kappa shape index (κ1) is 13.5. The van der Waals surface area contributed by atoms with Gasteiger partial charge in [0.2, 0.25) is 5.91 Å². The molecule has 94 valence electrons. The Balaban J connectivity index is 2.37. The zero-order valence-electron chi connectivity index (χ0n) is 10.8. The van der Waals surface area contributed by atoms with Gasteiger partial charge < -0.3 is 15.1 Å². The second-order valence-electron chi connectivity index (χ2n) is 4.78. The van der Waals surface area contributed by atoms with E-state index in [4.69, 9.17) is 0 Å². The number of carbonyl (C=O) groups is 1. The number of likely N-dealkylation sites (tertiary alicyclic amines) is 1. The van der Waals surface area contributed by atoms with Crippen molar-refractivity contribution in [2.75, 3.05) is 40.3 Å². The second kappa shape index (κ2) is 6.86. The lowest BCUT2D eigenvalue weighted by Gasteiger charge is -2.33. The van der Waals surface area contributed by atoms with Crippen LogP contribution in [-0.4, -0.2) is 62.0 Å². The van der Waals surface area contributed by atoms with E-state index in [9.17, 15) is 4.79 Å². The van der Waals surface area contributed by atoms with Crippen molar-refractivity contribution < 1.29 is 4.79 Å². The van der Waals surface area contributed by atoms with Crippen molar-refractivity contribution in [1.29, 1.82) is 0 Å². The maximum atomic E-state index is 12.1. The van der Waals surface area contributed by atoms with E-state index in [1.54, 1.807) is 0 Å². The standard InChI is InChI=1S/C12H25N3O/c1-4-7-13-11-6-5-8-15(12(11)16)10-9-14(2)3/h11,13H,4-10H2,1-3H3. The van der Waals surface area contributed by atoms with Crippen LogP contribution in [0, 0.1) is 0 Å². The van der Waals surface area contributed by atoms with Gasteiger partial charge in [0.05, 0.1) is 6.04 Å². The molecule has 1 saturated heterocycles. The molecule has 1 aliphatic rings. The van der Waals surface area contributed by atoms with E-state index in [-0.39, 0.29) is 6.04 Å². The molecule has 1 fully saturated rings. The molecule has 1 amide bonds. The molecule has 1 rings (SSSR count). The van der Waals surface area contributed by atoms with Crippen LogP contribution in [0.4, 0.5) is 0 Å². The van der Waals surface area contributed by atoms with Crippen molar-refractivity contribution in [2.45, 2.75) is 32.2 Å². The third-order valence-electron chi connectivity index (χ3n) is 2.99. The first-order valence-electron chi connectivity index (χ1n) is 6.32. The predicted octanol–water partition coefficient (Wildman–Crippen LogP) is 0.539. The van der Waals surface area contributed by atoms with Gasteiger partial charge in [-0.25, -0.2) is 0 Å². The molecule has 1 N–H and O–H groups in total. The smallest absolute Gasteiger partial charge is 0.239 e. The summed E-state index contributed by atoms with van der Waals surface area (Å²) in [5.74, 6) is 0.293. The second-order valence-corrected chi connectivity index (χ2v) is 4.78. The summed E-state index contributed by atoms with van der Waals surface area (Å²) in [6, 6.07) is 0.0656. The number of nitrogens with one attached hydrogen (secondary N) is 1. The van der Waals surface area contributed by atoms with Crippen LogP contribution >= 0.6 is 0 Å². The minimum atomic E-state index is 0.0656. The molecule has 0 saturated carbocycles. The summed E-state index contributed by atoms with van der Waals surface area (Å²) in [5.41, 5.74) is 0. The fraction of sp³-hybridized carbons (Fsp3) is 0.917. The molecule has 4 nitrogen and oxygen atoms in total. The molecule has 16 heavy (non-hydrogen) atoms. The molecule has 0 radical (unpaired) electrons. The molecule has 0 aromatic carbocycles. The van der Waals surface area contributed by atoms with Crippen LogP contribution in [0.5, 0.6) is 0 Å². The van der Waals surface area contributed by atoms with Crippen molar-refractivity contribution in [3.8, 4) is 0 Å². The molecule has 0 aliphatic carbocycles. The summed E-state index contributed by atoms with van der Waals surface area (Å²) < 4.78 is 0. The minimum absolute atomic E-state index is 0.0656. The molecule has 1 aliphatic heterocycles. The van der Waals surface area contributed by atoms with E-state index in [1.807, 2.05) is 19.0 Å². The largest absolute Gasteiger partial charge is 0.340 e. The third kappa shape index (κ3) is 4.10. The van der Waals surface area contributed by atoms with Crippen molar-refractivity contribution in [2.24, 2.45) is 0 Å². The minimum Gasteiger partial charge on any atom is -0.340 e. The fourth-order valence-corrected chi connectivity index (χ4v) is 1.99. The molecule has 1 heterocycles. The molecule has 1 atom stereocenters. The van der Waals surface area contributed by atoms with Crippen LogP contribution < -0.4 is 5.32 Å². The van der Waals surface area contributed by atoms with Crippen LogP contribution in [0.25, 0.3) is 0 Å². The normalized spacial score (nSPS) is 21.9. The first-order valence-corrected chi connectivity index (χ1v) is 6.32. The highest BCUT2D eigenvalue weighted by Gasteiger charge is 2.27. The Labute approximate surface area is 99.0 Å². The van der Waals surface area contributed by atoms with Gasteiger partial charge in [-0.15, -0.1) is 0 Å². The number of likely N-dealkylation sites (N-methyl/N-ethyl adjacent to an activating group) is 1. The van der Waals surface area contributed by atoms with Crippen LogP contribution in [0.15, 0.2) is 0 Å². The zero-order valence-corrected chi connectivity index (χ0v) is 10.8. The van der Waals surface area contributed by atoms with Gasteiger partial charge >= 0.3 is 0 Å². The van der Waals surface area contributed by atoms with E-state index in [2.05, 4.69) is 17.1 Å². The topological polar surface area (TPSA) is 35.6 Å². The van der Waals surface area contributed by atoms with Crippen molar-refractivity contribution in [1.82, 2.24) is 15.1 Å². The van der Waals surface area contributed by atoms with E-state index >= 15 is 0 Å². The molecule has 0 aromatic rings. The SMILES string of the molecule is CCCNC1CCCN(CCN(C)C)C1=O. The van der Waals surface area contributed by atoms with Crippen molar-refractivity contribution in [3.63, 3.8) is 0 Å². The summed E-state index contributed by atoms with van der Waals surface area (Å²) >= 11 is 0. The highest BCUT2D eigenvalue weighted by molar-refractivity contribution is 5.82. The first-order chi connectivity index (χ1) is 7.65. The van der Waals surface area contributed by atoms with Gasteiger partial charge in [-0.3, -0.25) is 4.79 Å². The lowest BCUT2D eigenvalue weighted by Crippen LogP contribution is -2.52. The third-order valence-corrected chi connectivity index (χ3v) is 2.99. The lowest BCUT2D eigenvalue weighted by molar-refractivity contribution is -0.136. The maximum Gasteiger partial charge on any atom is 0.239 e. The highest BCUT2D eigenvalue weighted by Crippen LogP contribution is 2.11. The Morgan fingerprint density at radius 2 is 2.25 bits per heavy atom. The summed E-state index contributed by atoms with van der Waals surface area (Å²) in [4.78, 5) is 16.2. The molecule has 4 heteroatoms. The van der Waals surface area contributed by atoms with Crippen molar-refractivity contribution in [3.05, 3.63) is 0 Å². The fourth-order valence-electron chi connectivity index (χ4n) is 1.99. The molecule has 0 aromatic heterocycles. The van der Waals surface area contributed by atoms with Gasteiger partial charge in [0.15, 0.2) is 0 Å².